The van der Waals surface area contributed by atoms with E-state index in [0.29, 0.717) is 5.75 Å². The molecule has 0 aliphatic carbocycles. The molecular weight excluding hydrogens is 218 g/mol. The van der Waals surface area contributed by atoms with Crippen molar-refractivity contribution >= 4 is 0 Å². The van der Waals surface area contributed by atoms with Crippen molar-refractivity contribution in [2.24, 2.45) is 0 Å². The predicted octanol–water partition coefficient (Wildman–Crippen LogP) is 1.27. The highest BCUT2D eigenvalue weighted by Gasteiger charge is 2.22. The molecule has 1 aliphatic heterocycles. The molecule has 0 amide bonds. The maximum atomic E-state index is 9.23. The molecule has 1 atom stereocenters. The van der Waals surface area contributed by atoms with Crippen LogP contribution in [0.25, 0.3) is 0 Å². The number of methoxy groups -OCH3 is 1. The Morgan fingerprint density at radius 3 is 2.88 bits per heavy atom. The van der Waals surface area contributed by atoms with Crippen LogP contribution >= 0.6 is 0 Å². The maximum Gasteiger partial charge on any atom is 0.166 e. The van der Waals surface area contributed by atoms with Crippen LogP contribution in [0.4, 0.5) is 0 Å². The van der Waals surface area contributed by atoms with Crippen molar-refractivity contribution in [1.82, 2.24) is 4.90 Å². The van der Waals surface area contributed by atoms with Crippen LogP contribution in [0.3, 0.4) is 0 Å². The first kappa shape index (κ1) is 12.2. The second-order valence-electron chi connectivity index (χ2n) is 4.40. The lowest BCUT2D eigenvalue weighted by molar-refractivity contribution is 0.197. The highest BCUT2D eigenvalue weighted by Crippen LogP contribution is 2.32. The van der Waals surface area contributed by atoms with E-state index in [4.69, 9.17) is 9.47 Å². The van der Waals surface area contributed by atoms with Crippen LogP contribution in [-0.4, -0.2) is 43.4 Å². The summed E-state index contributed by atoms with van der Waals surface area (Å²) in [6.07, 6.45) is 1.24. The average Bonchev–Trinajstić information content (AvgIpc) is 2.74. The number of aliphatic hydroxyl groups is 1. The monoisotopic (exact) mass is 237 g/mol. The number of likely N-dealkylation sites (N-methyl/N-ethyl adjacent to an activating group) is 1. The fraction of sp³-hybridized carbons (Fsp3) is 0.538. The molecule has 1 aromatic carbocycles. The zero-order valence-electron chi connectivity index (χ0n) is 10.3. The van der Waals surface area contributed by atoms with Gasteiger partial charge in [0.05, 0.1) is 13.7 Å². The van der Waals surface area contributed by atoms with Gasteiger partial charge in [-0.15, -0.1) is 0 Å². The lowest BCUT2D eigenvalue weighted by atomic mass is 10.2. The largest absolute Gasteiger partial charge is 0.492 e. The maximum absolute atomic E-state index is 9.23. The molecule has 1 aliphatic rings. The summed E-state index contributed by atoms with van der Waals surface area (Å²) in [6.45, 7) is 1.96. The summed E-state index contributed by atoms with van der Waals surface area (Å²) in [6, 6.07) is 5.60. The van der Waals surface area contributed by atoms with E-state index in [1.165, 1.54) is 0 Å². The van der Waals surface area contributed by atoms with Gasteiger partial charge in [0.25, 0.3) is 0 Å². The molecule has 0 radical (unpaired) electrons. The molecule has 1 aromatic rings. The average molecular weight is 237 g/mol. The van der Waals surface area contributed by atoms with Crippen LogP contribution in [0.5, 0.6) is 11.5 Å². The zero-order chi connectivity index (χ0) is 12.3. The van der Waals surface area contributed by atoms with E-state index < -0.39 is 0 Å². The molecule has 2 rings (SSSR count). The van der Waals surface area contributed by atoms with E-state index >= 15 is 0 Å². The Kier molecular flexibility index (Phi) is 3.86. The van der Waals surface area contributed by atoms with Gasteiger partial charge < -0.3 is 19.5 Å². The summed E-state index contributed by atoms with van der Waals surface area (Å²) in [5.74, 6) is 1.36. The second-order valence-corrected chi connectivity index (χ2v) is 4.40. The molecule has 1 heterocycles. The minimum atomic E-state index is -0.0368. The summed E-state index contributed by atoms with van der Waals surface area (Å²) in [7, 11) is 3.69. The number of ether oxygens (including phenoxy) is 2. The molecule has 1 unspecified atom stereocenters. The van der Waals surface area contributed by atoms with Crippen molar-refractivity contribution in [3.63, 3.8) is 0 Å². The van der Waals surface area contributed by atoms with Crippen molar-refractivity contribution in [2.75, 3.05) is 27.2 Å². The van der Waals surface area contributed by atoms with Crippen molar-refractivity contribution in [1.29, 1.82) is 0 Å². The van der Waals surface area contributed by atoms with Gasteiger partial charge in [-0.3, -0.25) is 0 Å². The van der Waals surface area contributed by atoms with Crippen LogP contribution in [0.15, 0.2) is 18.2 Å². The van der Waals surface area contributed by atoms with Gasteiger partial charge in [0.1, 0.15) is 6.10 Å². The summed E-state index contributed by atoms with van der Waals surface area (Å²) >= 11 is 0. The fourth-order valence-corrected chi connectivity index (χ4v) is 2.18. The van der Waals surface area contributed by atoms with E-state index in [9.17, 15) is 5.11 Å². The number of para-hydroxylation sites is 1. The first-order chi connectivity index (χ1) is 8.24. The number of hydrogen-bond acceptors (Lipinski definition) is 4. The number of nitrogens with zero attached hydrogens (tertiary/aromatic N) is 1. The Balaban J connectivity index is 2.14. The van der Waals surface area contributed by atoms with Crippen LogP contribution in [-0.2, 0) is 6.61 Å². The SMILES string of the molecule is COc1c(CO)cccc1OC1CCN(C)C1. The van der Waals surface area contributed by atoms with Crippen LogP contribution in [0, 0.1) is 0 Å². The zero-order valence-corrected chi connectivity index (χ0v) is 10.3. The van der Waals surface area contributed by atoms with Gasteiger partial charge in [-0.25, -0.2) is 0 Å². The van der Waals surface area contributed by atoms with Gasteiger partial charge in [0.15, 0.2) is 11.5 Å². The first-order valence-electron chi connectivity index (χ1n) is 5.86. The van der Waals surface area contributed by atoms with Gasteiger partial charge in [-0.05, 0) is 19.5 Å². The Morgan fingerprint density at radius 2 is 2.29 bits per heavy atom. The molecule has 0 spiro atoms. The molecule has 4 nitrogen and oxygen atoms in total. The van der Waals surface area contributed by atoms with E-state index in [1.807, 2.05) is 18.2 Å². The second kappa shape index (κ2) is 5.38. The highest BCUT2D eigenvalue weighted by atomic mass is 16.5. The van der Waals surface area contributed by atoms with Crippen LogP contribution in [0.1, 0.15) is 12.0 Å². The molecular formula is C13H19NO3. The van der Waals surface area contributed by atoms with Crippen molar-refractivity contribution < 1.29 is 14.6 Å². The predicted molar refractivity (Wildman–Crippen MR) is 65.4 cm³/mol. The van der Waals surface area contributed by atoms with E-state index in [2.05, 4.69) is 11.9 Å². The van der Waals surface area contributed by atoms with Gasteiger partial charge in [-0.2, -0.15) is 0 Å². The minimum Gasteiger partial charge on any atom is -0.492 e. The third-order valence-electron chi connectivity index (χ3n) is 3.08. The molecule has 17 heavy (non-hydrogen) atoms. The van der Waals surface area contributed by atoms with Crippen molar-refractivity contribution in [3.05, 3.63) is 23.8 Å². The number of hydrogen-bond donors (Lipinski definition) is 1. The van der Waals surface area contributed by atoms with Crippen LogP contribution < -0.4 is 9.47 Å². The van der Waals surface area contributed by atoms with Crippen molar-refractivity contribution in [3.8, 4) is 11.5 Å². The normalized spacial score (nSPS) is 20.5. The first-order valence-corrected chi connectivity index (χ1v) is 5.86. The molecule has 0 saturated carbocycles. The third kappa shape index (κ3) is 2.70. The van der Waals surface area contributed by atoms with Gasteiger partial charge in [0, 0.05) is 18.7 Å². The lowest BCUT2D eigenvalue weighted by Gasteiger charge is -2.17. The van der Waals surface area contributed by atoms with E-state index in [0.717, 1.165) is 30.8 Å². The quantitative estimate of drug-likeness (QED) is 0.856. The standard InChI is InChI=1S/C13H19NO3/c1-14-7-6-11(8-14)17-12-5-3-4-10(9-15)13(12)16-2/h3-5,11,15H,6-9H2,1-2H3. The van der Waals surface area contributed by atoms with Gasteiger partial charge in [0.2, 0.25) is 0 Å². The molecule has 1 saturated heterocycles. The summed E-state index contributed by atoms with van der Waals surface area (Å²) in [5.41, 5.74) is 0.761. The Morgan fingerprint density at radius 1 is 1.47 bits per heavy atom. The molecule has 94 valence electrons. The van der Waals surface area contributed by atoms with Gasteiger partial charge >= 0.3 is 0 Å². The number of likely N-dealkylation sites (tertiary alicyclic amines) is 1. The van der Waals surface area contributed by atoms with Crippen LogP contribution in [0.2, 0.25) is 0 Å². The van der Waals surface area contributed by atoms with Gasteiger partial charge in [-0.1, -0.05) is 12.1 Å². The van der Waals surface area contributed by atoms with E-state index in [1.54, 1.807) is 7.11 Å². The molecule has 0 bridgehead atoms. The Bertz CT molecular complexity index is 381. The smallest absolute Gasteiger partial charge is 0.166 e. The highest BCUT2D eigenvalue weighted by molar-refractivity contribution is 5.46. The summed E-state index contributed by atoms with van der Waals surface area (Å²) in [4.78, 5) is 2.24. The number of rotatable bonds is 4. The molecule has 4 heteroatoms. The third-order valence-corrected chi connectivity index (χ3v) is 3.08. The molecule has 1 fully saturated rings. The lowest BCUT2D eigenvalue weighted by Crippen LogP contribution is -2.21. The van der Waals surface area contributed by atoms with E-state index in [-0.39, 0.29) is 12.7 Å². The number of benzene rings is 1. The minimum absolute atomic E-state index is 0.0368. The molecule has 1 N–H and O–H groups in total. The Hall–Kier alpha value is -1.26. The molecule has 0 aromatic heterocycles. The fourth-order valence-electron chi connectivity index (χ4n) is 2.18. The topological polar surface area (TPSA) is 41.9 Å². The Labute approximate surface area is 102 Å². The van der Waals surface area contributed by atoms with Crippen molar-refractivity contribution in [2.45, 2.75) is 19.1 Å². The number of aliphatic hydroxyl groups excluding tert-OH is 1. The summed E-state index contributed by atoms with van der Waals surface area (Å²) < 4.78 is 11.2. The summed E-state index contributed by atoms with van der Waals surface area (Å²) in [5, 5.41) is 9.23.